The summed E-state index contributed by atoms with van der Waals surface area (Å²) in [7, 11) is -4.51. The van der Waals surface area contributed by atoms with Crippen LogP contribution in [0.4, 0.5) is 0 Å². The predicted octanol–water partition coefficient (Wildman–Crippen LogP) is 1.87. The van der Waals surface area contributed by atoms with Crippen molar-refractivity contribution in [3.8, 4) is 11.5 Å². The molecule has 2 aromatic carbocycles. The van der Waals surface area contributed by atoms with Crippen LogP contribution in [0, 0.1) is 0 Å². The third-order valence-electron chi connectivity index (χ3n) is 4.25. The van der Waals surface area contributed by atoms with Crippen molar-refractivity contribution in [2.45, 2.75) is 53.4 Å². The molecule has 0 aromatic heterocycles. The van der Waals surface area contributed by atoms with E-state index in [0.717, 1.165) is 35.1 Å². The summed E-state index contributed by atoms with van der Waals surface area (Å²) in [4.78, 5) is 12.4. The van der Waals surface area contributed by atoms with Gasteiger partial charge in [-0.05, 0) is 60.1 Å². The Balaban J connectivity index is 0.00000338. The van der Waals surface area contributed by atoms with Crippen molar-refractivity contribution >= 4 is 7.82 Å². The van der Waals surface area contributed by atoms with E-state index in [1.54, 1.807) is 12.1 Å². The number of hydrogen-bond donors (Lipinski definition) is 0. The molecule has 0 aliphatic carbocycles. The smallest absolute Gasteiger partial charge is 0.736 e. The maximum atomic E-state index is 12.4. The summed E-state index contributed by atoms with van der Waals surface area (Å²) in [5.41, 5.74) is 4.01. The molecule has 2 rings (SSSR count). The molecule has 2 aromatic rings. The largest absolute Gasteiger partial charge is 1.00 e. The van der Waals surface area contributed by atoms with Crippen molar-refractivity contribution in [3.05, 3.63) is 58.7 Å². The monoisotopic (exact) mass is 384 g/mol. The van der Waals surface area contributed by atoms with Crippen molar-refractivity contribution < 1.29 is 48.1 Å². The Morgan fingerprint density at radius 1 is 0.769 bits per heavy atom. The maximum Gasteiger partial charge on any atom is 1.00 e. The minimum absolute atomic E-state index is 0. The van der Waals surface area contributed by atoms with Gasteiger partial charge >= 0.3 is 37.4 Å². The zero-order valence-electron chi connectivity index (χ0n) is 16.4. The van der Waals surface area contributed by atoms with Gasteiger partial charge in [0.1, 0.15) is 11.5 Å². The summed E-state index contributed by atoms with van der Waals surface area (Å²) in [6.45, 7) is 8.06. The number of aryl methyl sites for hydroxylation is 4. The van der Waals surface area contributed by atoms with E-state index in [4.69, 9.17) is 9.05 Å². The Hall–Kier alpha value is -0.770. The van der Waals surface area contributed by atoms with Gasteiger partial charge in [0.05, 0.1) is 0 Å². The van der Waals surface area contributed by atoms with E-state index in [1.165, 1.54) is 0 Å². The Morgan fingerprint density at radius 3 is 1.46 bits per heavy atom. The Kier molecular flexibility index (Phi) is 9.43. The average molecular weight is 384 g/mol. The summed E-state index contributed by atoms with van der Waals surface area (Å²) in [5.74, 6) is 0.669. The van der Waals surface area contributed by atoms with Crippen LogP contribution in [-0.4, -0.2) is 0 Å². The van der Waals surface area contributed by atoms with Gasteiger partial charge in [-0.3, -0.25) is 0 Å². The van der Waals surface area contributed by atoms with Crippen LogP contribution in [0.2, 0.25) is 0 Å². The summed E-state index contributed by atoms with van der Waals surface area (Å²) >= 11 is 0. The second-order valence-corrected chi connectivity index (χ2v) is 7.19. The first-order valence-electron chi connectivity index (χ1n) is 8.86. The molecule has 0 heterocycles. The molecule has 0 aliphatic heterocycles. The maximum absolute atomic E-state index is 12.4. The quantitative estimate of drug-likeness (QED) is 0.515. The first-order valence-corrected chi connectivity index (χ1v) is 10.3. The third kappa shape index (κ3) is 6.14. The third-order valence-corrected chi connectivity index (χ3v) is 5.09. The minimum atomic E-state index is -4.51. The summed E-state index contributed by atoms with van der Waals surface area (Å²) in [6.07, 6.45) is 3.16. The molecule has 136 valence electrons. The second-order valence-electron chi connectivity index (χ2n) is 5.93. The van der Waals surface area contributed by atoms with Gasteiger partial charge in [-0.2, -0.15) is 0 Å². The van der Waals surface area contributed by atoms with Crippen molar-refractivity contribution in [1.29, 1.82) is 0 Å². The van der Waals surface area contributed by atoms with Crippen molar-refractivity contribution in [3.63, 3.8) is 0 Å². The summed E-state index contributed by atoms with van der Waals surface area (Å²) in [5, 5.41) is 0. The van der Waals surface area contributed by atoms with Gasteiger partial charge in [0.15, 0.2) is 0 Å². The molecule has 0 atom stereocenters. The first kappa shape index (κ1) is 23.3. The number of phosphoric ester groups is 1. The van der Waals surface area contributed by atoms with Gasteiger partial charge in [-0.1, -0.05) is 52.0 Å². The molecule has 0 radical (unpaired) electrons. The van der Waals surface area contributed by atoms with Crippen molar-refractivity contribution in [1.82, 2.24) is 0 Å². The molecule has 0 aliphatic rings. The second kappa shape index (κ2) is 10.5. The van der Waals surface area contributed by atoms with E-state index >= 15 is 0 Å². The number of benzene rings is 2. The molecule has 0 N–H and O–H groups in total. The molecular formula is C20H26NaO4P. The molecular weight excluding hydrogens is 358 g/mol. The van der Waals surface area contributed by atoms with Crippen LogP contribution in [0.3, 0.4) is 0 Å². The van der Waals surface area contributed by atoms with Gasteiger partial charge in [0.25, 0.3) is 0 Å². The fraction of sp³-hybridized carbons (Fsp3) is 0.400. The number of phosphoric acid groups is 1. The normalized spacial score (nSPS) is 11.0. The Labute approximate surface area is 178 Å². The Bertz CT molecular complexity index is 715. The molecule has 0 saturated heterocycles. The molecule has 0 saturated carbocycles. The van der Waals surface area contributed by atoms with E-state index in [1.807, 2.05) is 38.1 Å². The van der Waals surface area contributed by atoms with Crippen LogP contribution < -0.4 is 43.5 Å². The molecule has 6 heteroatoms. The molecule has 0 amide bonds. The van der Waals surface area contributed by atoms with E-state index < -0.39 is 7.82 Å². The SMILES string of the molecule is CCc1ccc(OP(=O)([O-])Oc2ccc(CC)cc2CC)c(CC)c1.[Na+]. The number of rotatable bonds is 8. The molecule has 0 unspecified atom stereocenters. The van der Waals surface area contributed by atoms with Crippen LogP contribution in [0.5, 0.6) is 11.5 Å². The average Bonchev–Trinajstić information content (AvgIpc) is 2.61. The van der Waals surface area contributed by atoms with Gasteiger partial charge in [-0.25, -0.2) is 4.57 Å². The van der Waals surface area contributed by atoms with Crippen LogP contribution in [0.25, 0.3) is 0 Å². The van der Waals surface area contributed by atoms with E-state index in [0.29, 0.717) is 24.3 Å². The molecule has 0 bridgehead atoms. The Morgan fingerprint density at radius 2 is 1.15 bits per heavy atom. The fourth-order valence-corrected chi connectivity index (χ4v) is 3.57. The van der Waals surface area contributed by atoms with Crippen LogP contribution in [-0.2, 0) is 30.2 Å². The van der Waals surface area contributed by atoms with E-state index in [-0.39, 0.29) is 29.6 Å². The molecule has 4 nitrogen and oxygen atoms in total. The van der Waals surface area contributed by atoms with Gasteiger partial charge < -0.3 is 13.9 Å². The van der Waals surface area contributed by atoms with Gasteiger partial charge in [0, 0.05) is 0 Å². The summed E-state index contributed by atoms with van der Waals surface area (Å²) < 4.78 is 22.9. The molecule has 26 heavy (non-hydrogen) atoms. The standard InChI is InChI=1S/C20H27O4P.Na/c1-5-15-9-11-19(17(7-3)13-15)23-25(21,22)24-20-12-10-16(6-2)14-18(20)8-4;/h9-14H,5-8H2,1-4H3,(H,21,22);/q;+1/p-1. The van der Waals surface area contributed by atoms with Gasteiger partial charge in [-0.15, -0.1) is 0 Å². The fourth-order valence-electron chi connectivity index (χ4n) is 2.70. The van der Waals surface area contributed by atoms with Crippen LogP contribution >= 0.6 is 7.82 Å². The van der Waals surface area contributed by atoms with Crippen molar-refractivity contribution in [2.24, 2.45) is 0 Å². The van der Waals surface area contributed by atoms with Crippen LogP contribution in [0.1, 0.15) is 49.9 Å². The van der Waals surface area contributed by atoms with Crippen LogP contribution in [0.15, 0.2) is 36.4 Å². The summed E-state index contributed by atoms with van der Waals surface area (Å²) in [6, 6.07) is 11.1. The zero-order valence-corrected chi connectivity index (χ0v) is 19.3. The minimum Gasteiger partial charge on any atom is -0.736 e. The van der Waals surface area contributed by atoms with Gasteiger partial charge in [0.2, 0.25) is 0 Å². The number of hydrogen-bond acceptors (Lipinski definition) is 4. The van der Waals surface area contributed by atoms with E-state index in [2.05, 4.69) is 13.8 Å². The van der Waals surface area contributed by atoms with E-state index in [9.17, 15) is 9.46 Å². The predicted molar refractivity (Wildman–Crippen MR) is 99.3 cm³/mol. The molecule has 0 fully saturated rings. The van der Waals surface area contributed by atoms with Crippen molar-refractivity contribution in [2.75, 3.05) is 0 Å². The first-order chi connectivity index (χ1) is 11.9. The topological polar surface area (TPSA) is 58.6 Å². The molecule has 0 spiro atoms. The zero-order chi connectivity index (χ0) is 18.4.